The lowest BCUT2D eigenvalue weighted by molar-refractivity contribution is 0.225. The molecule has 0 bridgehead atoms. The maximum Gasteiger partial charge on any atom is 0.343 e. The van der Waals surface area contributed by atoms with Crippen molar-refractivity contribution in [1.29, 1.82) is 0 Å². The number of benzene rings is 1. The van der Waals surface area contributed by atoms with E-state index in [1.165, 1.54) is 17.8 Å². The predicted octanol–water partition coefficient (Wildman–Crippen LogP) is 3.99. The summed E-state index contributed by atoms with van der Waals surface area (Å²) in [7, 11) is 0. The molecular weight excluding hydrogens is 390 g/mol. The smallest absolute Gasteiger partial charge is 0.343 e. The summed E-state index contributed by atoms with van der Waals surface area (Å²) in [5, 5.41) is 18.7. The first-order chi connectivity index (χ1) is 14.1. The first kappa shape index (κ1) is 20.9. The second-order valence-corrected chi connectivity index (χ2v) is 7.89. The van der Waals surface area contributed by atoms with Crippen LogP contribution in [0, 0.1) is 0 Å². The van der Waals surface area contributed by atoms with Gasteiger partial charge in [-0.3, -0.25) is 0 Å². The molecule has 1 heterocycles. The highest BCUT2D eigenvalue weighted by atomic mass is 32.1. The standard InChI is InChI=1S/C20H27N5O3S/c1-2-11-21-19(28)25(24-18(27)22-15-8-4-3-5-9-15)20-23-17(13-29-20)14-7-6-10-16(26)12-14/h6-7,10,12-13,15,26H,2-5,8-9,11H2,1H3,(H,21,28)(H2,22,24,27). The summed E-state index contributed by atoms with van der Waals surface area (Å²) in [5.41, 5.74) is 3.98. The molecule has 0 saturated heterocycles. The quantitative estimate of drug-likeness (QED) is 0.552. The van der Waals surface area contributed by atoms with E-state index in [2.05, 4.69) is 21.0 Å². The van der Waals surface area contributed by atoms with E-state index >= 15 is 0 Å². The Kier molecular flexibility index (Phi) is 7.29. The molecule has 2 aromatic rings. The van der Waals surface area contributed by atoms with E-state index in [4.69, 9.17) is 0 Å². The molecule has 1 aliphatic carbocycles. The van der Waals surface area contributed by atoms with E-state index in [1.54, 1.807) is 23.6 Å². The number of hydrogen-bond donors (Lipinski definition) is 4. The van der Waals surface area contributed by atoms with E-state index in [0.29, 0.717) is 17.4 Å². The lowest BCUT2D eigenvalue weighted by Crippen LogP contribution is -2.55. The lowest BCUT2D eigenvalue weighted by atomic mass is 9.96. The van der Waals surface area contributed by atoms with Gasteiger partial charge in [-0.15, -0.1) is 11.3 Å². The van der Waals surface area contributed by atoms with Crippen molar-refractivity contribution < 1.29 is 14.7 Å². The Balaban J connectivity index is 1.74. The Bertz CT molecular complexity index is 835. The number of anilines is 1. The maximum absolute atomic E-state index is 12.6. The van der Waals surface area contributed by atoms with Gasteiger partial charge in [0.15, 0.2) is 0 Å². The summed E-state index contributed by atoms with van der Waals surface area (Å²) in [6.07, 6.45) is 6.09. The van der Waals surface area contributed by atoms with Crippen LogP contribution >= 0.6 is 11.3 Å². The number of carbonyl (C=O) groups is 2. The van der Waals surface area contributed by atoms with Gasteiger partial charge in [0, 0.05) is 23.5 Å². The first-order valence-electron chi connectivity index (χ1n) is 9.97. The highest BCUT2D eigenvalue weighted by molar-refractivity contribution is 7.14. The number of urea groups is 2. The fourth-order valence-electron chi connectivity index (χ4n) is 3.23. The van der Waals surface area contributed by atoms with Gasteiger partial charge in [-0.1, -0.05) is 38.3 Å². The maximum atomic E-state index is 12.6. The van der Waals surface area contributed by atoms with Crippen LogP contribution in [0.2, 0.25) is 0 Å². The first-order valence-corrected chi connectivity index (χ1v) is 10.8. The topological polar surface area (TPSA) is 107 Å². The second-order valence-electron chi connectivity index (χ2n) is 7.05. The number of phenolic OH excluding ortho intramolecular Hbond substituents is 1. The predicted molar refractivity (Wildman–Crippen MR) is 114 cm³/mol. The number of aromatic hydroxyl groups is 1. The Morgan fingerprint density at radius 1 is 1.28 bits per heavy atom. The van der Waals surface area contributed by atoms with Crippen molar-refractivity contribution in [3.05, 3.63) is 29.6 Å². The number of amides is 4. The Labute approximate surface area is 174 Å². The summed E-state index contributed by atoms with van der Waals surface area (Å²) in [4.78, 5) is 29.6. The third kappa shape index (κ3) is 5.83. The summed E-state index contributed by atoms with van der Waals surface area (Å²) in [5.74, 6) is 0.138. The number of rotatable bonds is 5. The molecule has 0 unspecified atom stereocenters. The van der Waals surface area contributed by atoms with E-state index in [1.807, 2.05) is 13.0 Å². The molecule has 0 spiro atoms. The number of nitrogens with one attached hydrogen (secondary N) is 3. The molecule has 0 atom stereocenters. The number of phenols is 1. The number of hydrazine groups is 1. The van der Waals surface area contributed by atoms with Crippen molar-refractivity contribution in [2.45, 2.75) is 51.5 Å². The molecule has 8 nitrogen and oxygen atoms in total. The van der Waals surface area contributed by atoms with Crippen molar-refractivity contribution in [2.75, 3.05) is 11.6 Å². The Morgan fingerprint density at radius 2 is 2.07 bits per heavy atom. The minimum Gasteiger partial charge on any atom is -0.508 e. The van der Waals surface area contributed by atoms with Gasteiger partial charge in [0.1, 0.15) is 5.75 Å². The second kappa shape index (κ2) is 10.1. The van der Waals surface area contributed by atoms with Gasteiger partial charge in [-0.05, 0) is 31.4 Å². The number of thiazole rings is 1. The lowest BCUT2D eigenvalue weighted by Gasteiger charge is -2.25. The third-order valence-electron chi connectivity index (χ3n) is 4.71. The van der Waals surface area contributed by atoms with E-state index in [-0.39, 0.29) is 11.8 Å². The van der Waals surface area contributed by atoms with Crippen LogP contribution in [0.25, 0.3) is 11.3 Å². The molecule has 4 amide bonds. The highest BCUT2D eigenvalue weighted by Crippen LogP contribution is 2.28. The highest BCUT2D eigenvalue weighted by Gasteiger charge is 2.23. The van der Waals surface area contributed by atoms with Gasteiger partial charge < -0.3 is 15.7 Å². The molecule has 156 valence electrons. The largest absolute Gasteiger partial charge is 0.508 e. The van der Waals surface area contributed by atoms with Crippen LogP contribution in [0.3, 0.4) is 0 Å². The van der Waals surface area contributed by atoms with Gasteiger partial charge in [0.2, 0.25) is 5.13 Å². The van der Waals surface area contributed by atoms with Crippen LogP contribution in [0.5, 0.6) is 5.75 Å². The molecule has 9 heteroatoms. The average Bonchev–Trinajstić information content (AvgIpc) is 3.21. The summed E-state index contributed by atoms with van der Waals surface area (Å²) in [6, 6.07) is 6.00. The van der Waals surface area contributed by atoms with Gasteiger partial charge in [-0.25, -0.2) is 20.0 Å². The fraction of sp³-hybridized carbons (Fsp3) is 0.450. The number of hydrogen-bond acceptors (Lipinski definition) is 5. The van der Waals surface area contributed by atoms with Crippen molar-refractivity contribution in [2.24, 2.45) is 0 Å². The van der Waals surface area contributed by atoms with E-state index in [0.717, 1.165) is 42.7 Å². The fourth-order valence-corrected chi connectivity index (χ4v) is 4.02. The number of carbonyl (C=O) groups excluding carboxylic acids is 2. The van der Waals surface area contributed by atoms with Crippen molar-refractivity contribution in [1.82, 2.24) is 21.0 Å². The van der Waals surface area contributed by atoms with Gasteiger partial charge in [0.05, 0.1) is 5.69 Å². The molecule has 1 aromatic heterocycles. The molecule has 1 saturated carbocycles. The van der Waals surface area contributed by atoms with Gasteiger partial charge in [0.25, 0.3) is 0 Å². The molecule has 0 aliphatic heterocycles. The van der Waals surface area contributed by atoms with Gasteiger partial charge in [-0.2, -0.15) is 5.01 Å². The molecule has 1 aromatic carbocycles. The third-order valence-corrected chi connectivity index (χ3v) is 5.53. The monoisotopic (exact) mass is 417 g/mol. The number of nitrogens with zero attached hydrogens (tertiary/aromatic N) is 2. The average molecular weight is 418 g/mol. The van der Waals surface area contributed by atoms with Crippen LogP contribution in [0.1, 0.15) is 45.4 Å². The molecule has 4 N–H and O–H groups in total. The minimum absolute atomic E-state index is 0.128. The van der Waals surface area contributed by atoms with Crippen LogP contribution in [-0.4, -0.2) is 34.7 Å². The molecule has 1 aliphatic rings. The molecular formula is C20H27N5O3S. The molecule has 0 radical (unpaired) electrons. The Hall–Kier alpha value is -2.81. The summed E-state index contributed by atoms with van der Waals surface area (Å²) < 4.78 is 0. The Morgan fingerprint density at radius 3 is 2.79 bits per heavy atom. The van der Waals surface area contributed by atoms with Crippen molar-refractivity contribution >= 4 is 28.5 Å². The number of aromatic nitrogens is 1. The van der Waals surface area contributed by atoms with Crippen LogP contribution in [0.15, 0.2) is 29.6 Å². The van der Waals surface area contributed by atoms with Crippen molar-refractivity contribution in [3.8, 4) is 17.0 Å². The molecule has 3 rings (SSSR count). The van der Waals surface area contributed by atoms with Crippen molar-refractivity contribution in [3.63, 3.8) is 0 Å². The van der Waals surface area contributed by atoms with Gasteiger partial charge >= 0.3 is 12.1 Å². The van der Waals surface area contributed by atoms with E-state index in [9.17, 15) is 14.7 Å². The normalized spacial score (nSPS) is 14.2. The summed E-state index contributed by atoms with van der Waals surface area (Å²) in [6.45, 7) is 2.45. The zero-order chi connectivity index (χ0) is 20.6. The van der Waals surface area contributed by atoms with Crippen LogP contribution in [0.4, 0.5) is 14.7 Å². The van der Waals surface area contributed by atoms with E-state index < -0.39 is 12.1 Å². The van der Waals surface area contributed by atoms with Crippen LogP contribution in [-0.2, 0) is 0 Å². The van der Waals surface area contributed by atoms with Crippen LogP contribution < -0.4 is 21.1 Å². The zero-order valence-corrected chi connectivity index (χ0v) is 17.3. The molecule has 1 fully saturated rings. The molecule has 29 heavy (non-hydrogen) atoms. The SMILES string of the molecule is CCCNC(=O)N(NC(=O)NC1CCCCC1)c1nc(-c2cccc(O)c2)cs1. The summed E-state index contributed by atoms with van der Waals surface area (Å²) >= 11 is 1.24. The minimum atomic E-state index is -0.442. The zero-order valence-electron chi connectivity index (χ0n) is 16.5.